The fraction of sp³-hybridized carbons (Fsp3) is 0.625. The molecule has 1 saturated carbocycles. The van der Waals surface area contributed by atoms with Crippen LogP contribution in [0.3, 0.4) is 0 Å². The van der Waals surface area contributed by atoms with E-state index in [0.717, 1.165) is 0 Å². The van der Waals surface area contributed by atoms with E-state index in [-0.39, 0.29) is 0 Å². The molecule has 17 heavy (non-hydrogen) atoms. The SMILES string of the molecule is C[C@H](CO)CC1(CCc2ccccc2)CCC1. The van der Waals surface area contributed by atoms with Gasteiger partial charge in [0.2, 0.25) is 0 Å². The summed E-state index contributed by atoms with van der Waals surface area (Å²) in [7, 11) is 0. The predicted octanol–water partition coefficient (Wildman–Crippen LogP) is 3.81. The lowest BCUT2D eigenvalue weighted by atomic mass is 9.62. The van der Waals surface area contributed by atoms with Crippen molar-refractivity contribution in [2.24, 2.45) is 11.3 Å². The van der Waals surface area contributed by atoms with Gasteiger partial charge in [0.15, 0.2) is 0 Å². The molecule has 1 atom stereocenters. The number of aliphatic hydroxyl groups is 1. The van der Waals surface area contributed by atoms with Gasteiger partial charge in [-0.2, -0.15) is 0 Å². The third-order valence-electron chi connectivity index (χ3n) is 4.29. The number of hydrogen-bond donors (Lipinski definition) is 1. The highest BCUT2D eigenvalue weighted by Crippen LogP contribution is 2.49. The van der Waals surface area contributed by atoms with Crippen molar-refractivity contribution in [2.75, 3.05) is 6.61 Å². The zero-order valence-corrected chi connectivity index (χ0v) is 10.9. The molecule has 0 heterocycles. The molecule has 0 radical (unpaired) electrons. The molecule has 0 aliphatic heterocycles. The van der Waals surface area contributed by atoms with Crippen molar-refractivity contribution in [3.8, 4) is 0 Å². The van der Waals surface area contributed by atoms with E-state index in [2.05, 4.69) is 37.3 Å². The summed E-state index contributed by atoms with van der Waals surface area (Å²) in [6, 6.07) is 10.8. The summed E-state index contributed by atoms with van der Waals surface area (Å²) in [6.07, 6.45) is 7.80. The van der Waals surface area contributed by atoms with Crippen molar-refractivity contribution in [1.29, 1.82) is 0 Å². The Morgan fingerprint density at radius 3 is 2.47 bits per heavy atom. The van der Waals surface area contributed by atoms with Crippen LogP contribution in [-0.4, -0.2) is 11.7 Å². The first-order valence-electron chi connectivity index (χ1n) is 6.89. The fourth-order valence-corrected chi connectivity index (χ4v) is 3.09. The summed E-state index contributed by atoms with van der Waals surface area (Å²) in [6.45, 7) is 2.51. The monoisotopic (exact) mass is 232 g/mol. The summed E-state index contributed by atoms with van der Waals surface area (Å²) in [5.74, 6) is 0.464. The highest BCUT2D eigenvalue weighted by atomic mass is 16.3. The lowest BCUT2D eigenvalue weighted by Crippen LogP contribution is -2.32. The molecule has 1 heteroatoms. The third-order valence-corrected chi connectivity index (χ3v) is 4.29. The standard InChI is InChI=1S/C16H24O/c1-14(13-17)12-16(9-5-10-16)11-8-15-6-3-2-4-7-15/h2-4,6-7,14,17H,5,8-13H2,1H3/t14-/m0/s1. The highest BCUT2D eigenvalue weighted by molar-refractivity contribution is 5.15. The van der Waals surface area contributed by atoms with Crippen molar-refractivity contribution >= 4 is 0 Å². The minimum atomic E-state index is 0.340. The summed E-state index contributed by atoms with van der Waals surface area (Å²) in [4.78, 5) is 0. The first kappa shape index (κ1) is 12.6. The number of benzene rings is 1. The first-order chi connectivity index (χ1) is 8.24. The van der Waals surface area contributed by atoms with Gasteiger partial charge >= 0.3 is 0 Å². The van der Waals surface area contributed by atoms with Crippen LogP contribution in [0.5, 0.6) is 0 Å². The van der Waals surface area contributed by atoms with E-state index in [1.165, 1.54) is 44.1 Å². The third kappa shape index (κ3) is 3.32. The Hall–Kier alpha value is -0.820. The molecule has 0 saturated heterocycles. The van der Waals surface area contributed by atoms with Crippen molar-refractivity contribution in [3.05, 3.63) is 35.9 Å². The average molecular weight is 232 g/mol. The topological polar surface area (TPSA) is 20.2 Å². The number of aryl methyl sites for hydroxylation is 1. The van der Waals surface area contributed by atoms with Gasteiger partial charge in [-0.05, 0) is 49.0 Å². The van der Waals surface area contributed by atoms with E-state index >= 15 is 0 Å². The fourth-order valence-electron chi connectivity index (χ4n) is 3.09. The van der Waals surface area contributed by atoms with Crippen molar-refractivity contribution in [3.63, 3.8) is 0 Å². The van der Waals surface area contributed by atoms with Crippen LogP contribution in [0.15, 0.2) is 30.3 Å². The van der Waals surface area contributed by atoms with Gasteiger partial charge in [0, 0.05) is 6.61 Å². The van der Waals surface area contributed by atoms with Gasteiger partial charge in [-0.25, -0.2) is 0 Å². The average Bonchev–Trinajstić information content (AvgIpc) is 2.33. The molecule has 1 aliphatic rings. The van der Waals surface area contributed by atoms with Crippen LogP contribution in [0, 0.1) is 11.3 Å². The van der Waals surface area contributed by atoms with E-state index < -0.39 is 0 Å². The van der Waals surface area contributed by atoms with Gasteiger partial charge < -0.3 is 5.11 Å². The Labute approximate surface area is 105 Å². The van der Waals surface area contributed by atoms with E-state index in [4.69, 9.17) is 0 Å². The van der Waals surface area contributed by atoms with Gasteiger partial charge in [-0.15, -0.1) is 0 Å². The van der Waals surface area contributed by atoms with Crippen LogP contribution in [0.25, 0.3) is 0 Å². The van der Waals surface area contributed by atoms with Crippen molar-refractivity contribution in [1.82, 2.24) is 0 Å². The van der Waals surface area contributed by atoms with E-state index in [1.54, 1.807) is 0 Å². The summed E-state index contributed by atoms with van der Waals surface area (Å²) < 4.78 is 0. The summed E-state index contributed by atoms with van der Waals surface area (Å²) in [5.41, 5.74) is 1.99. The quantitative estimate of drug-likeness (QED) is 0.790. The van der Waals surface area contributed by atoms with E-state index in [9.17, 15) is 5.11 Å². The van der Waals surface area contributed by atoms with Crippen molar-refractivity contribution < 1.29 is 5.11 Å². The molecule has 0 unspecified atom stereocenters. The lowest BCUT2D eigenvalue weighted by Gasteiger charge is -2.44. The predicted molar refractivity (Wildman–Crippen MR) is 71.9 cm³/mol. The molecule has 1 aliphatic carbocycles. The minimum absolute atomic E-state index is 0.340. The molecule has 2 rings (SSSR count). The summed E-state index contributed by atoms with van der Waals surface area (Å²) in [5, 5.41) is 9.20. The molecular formula is C16H24O. The Kier molecular flexibility index (Phi) is 4.22. The van der Waals surface area contributed by atoms with E-state index in [1.807, 2.05) is 0 Å². The molecule has 94 valence electrons. The zero-order chi connectivity index (χ0) is 12.1. The van der Waals surface area contributed by atoms with Gasteiger partial charge in [0.05, 0.1) is 0 Å². The lowest BCUT2D eigenvalue weighted by molar-refractivity contribution is 0.0679. The minimum Gasteiger partial charge on any atom is -0.396 e. The maximum Gasteiger partial charge on any atom is 0.0456 e. The van der Waals surface area contributed by atoms with Crippen LogP contribution in [0.1, 0.15) is 44.6 Å². The molecule has 1 aromatic rings. The van der Waals surface area contributed by atoms with Crippen LogP contribution in [-0.2, 0) is 6.42 Å². The Bertz CT molecular complexity index is 327. The molecule has 0 spiro atoms. The van der Waals surface area contributed by atoms with Crippen LogP contribution >= 0.6 is 0 Å². The van der Waals surface area contributed by atoms with E-state index in [0.29, 0.717) is 17.9 Å². The normalized spacial score (nSPS) is 19.6. The molecule has 0 bridgehead atoms. The number of rotatable bonds is 6. The second-order valence-corrected chi connectivity index (χ2v) is 5.83. The summed E-state index contributed by atoms with van der Waals surface area (Å²) >= 11 is 0. The second kappa shape index (κ2) is 5.68. The van der Waals surface area contributed by atoms with Crippen LogP contribution in [0.4, 0.5) is 0 Å². The molecule has 1 fully saturated rings. The maximum atomic E-state index is 9.20. The maximum absolute atomic E-state index is 9.20. The van der Waals surface area contributed by atoms with Gasteiger partial charge in [-0.3, -0.25) is 0 Å². The molecule has 1 aromatic carbocycles. The Morgan fingerprint density at radius 2 is 1.94 bits per heavy atom. The molecule has 1 nitrogen and oxygen atoms in total. The largest absolute Gasteiger partial charge is 0.396 e. The van der Waals surface area contributed by atoms with Crippen molar-refractivity contribution in [2.45, 2.75) is 45.4 Å². The molecule has 0 aromatic heterocycles. The van der Waals surface area contributed by atoms with Gasteiger partial charge in [0.25, 0.3) is 0 Å². The Balaban J connectivity index is 1.87. The number of hydrogen-bond acceptors (Lipinski definition) is 1. The van der Waals surface area contributed by atoms with Crippen LogP contribution < -0.4 is 0 Å². The van der Waals surface area contributed by atoms with Crippen LogP contribution in [0.2, 0.25) is 0 Å². The van der Waals surface area contributed by atoms with Gasteiger partial charge in [0.1, 0.15) is 0 Å². The smallest absolute Gasteiger partial charge is 0.0456 e. The highest BCUT2D eigenvalue weighted by Gasteiger charge is 2.37. The molecular weight excluding hydrogens is 208 g/mol. The Morgan fingerprint density at radius 1 is 1.24 bits per heavy atom. The second-order valence-electron chi connectivity index (χ2n) is 5.83. The molecule has 0 amide bonds. The first-order valence-corrected chi connectivity index (χ1v) is 6.89. The van der Waals surface area contributed by atoms with Gasteiger partial charge in [-0.1, -0.05) is 43.7 Å². The zero-order valence-electron chi connectivity index (χ0n) is 10.9. The number of aliphatic hydroxyl groups excluding tert-OH is 1. The molecule has 1 N–H and O–H groups in total.